The van der Waals surface area contributed by atoms with Gasteiger partial charge >= 0.3 is 0 Å². The van der Waals surface area contributed by atoms with Gasteiger partial charge in [-0.3, -0.25) is 0 Å². The number of rotatable bonds is 2. The van der Waals surface area contributed by atoms with Gasteiger partial charge in [0.25, 0.3) is 0 Å². The van der Waals surface area contributed by atoms with E-state index in [2.05, 4.69) is 35.7 Å². The molecule has 0 aromatic heterocycles. The molecular weight excluding hydrogens is 272 g/mol. The lowest BCUT2D eigenvalue weighted by atomic mass is 9.76. The molecule has 0 aromatic rings. The first-order chi connectivity index (χ1) is 9.27. The molecule has 0 spiro atoms. The first kappa shape index (κ1) is 14.3. The van der Waals surface area contributed by atoms with E-state index in [4.69, 9.17) is 0 Å². The molecule has 1 saturated carbocycles. The SMILES string of the molecule is OC1(C2(C3CCCCC3)SCCCS2)C=CCCC1. The van der Waals surface area contributed by atoms with Gasteiger partial charge < -0.3 is 5.11 Å². The van der Waals surface area contributed by atoms with Crippen LogP contribution < -0.4 is 0 Å². The predicted molar refractivity (Wildman–Crippen MR) is 86.8 cm³/mol. The third kappa shape index (κ3) is 2.63. The fraction of sp³-hybridized carbons (Fsp3) is 0.875. The molecule has 3 heteroatoms. The molecule has 0 radical (unpaired) electrons. The van der Waals surface area contributed by atoms with Crippen molar-refractivity contribution < 1.29 is 5.11 Å². The molecule has 3 rings (SSSR count). The number of hydrogen-bond acceptors (Lipinski definition) is 3. The normalized spacial score (nSPS) is 36.3. The highest BCUT2D eigenvalue weighted by molar-refractivity contribution is 8.19. The van der Waals surface area contributed by atoms with E-state index in [9.17, 15) is 5.11 Å². The fourth-order valence-electron chi connectivity index (χ4n) is 4.01. The Bertz CT molecular complexity index is 330. The van der Waals surface area contributed by atoms with Crippen LogP contribution in [0.3, 0.4) is 0 Å². The van der Waals surface area contributed by atoms with Gasteiger partial charge in [-0.2, -0.15) is 0 Å². The maximum atomic E-state index is 11.4. The molecule has 1 N–H and O–H groups in total. The standard InChI is InChI=1S/C16H26OS2/c17-15(10-5-2-6-11-15)16(18-12-7-13-19-16)14-8-3-1-4-9-14/h5,10,14,17H,1-4,6-9,11-13H2. The fourth-order valence-corrected chi connectivity index (χ4v) is 7.99. The number of allylic oxidation sites excluding steroid dienone is 1. The molecular formula is C16H26OS2. The highest BCUT2D eigenvalue weighted by Crippen LogP contribution is 2.59. The molecule has 2 fully saturated rings. The van der Waals surface area contributed by atoms with Gasteiger partial charge in [0.05, 0.1) is 4.08 Å². The minimum atomic E-state index is -0.553. The van der Waals surface area contributed by atoms with Crippen LogP contribution in [0.2, 0.25) is 0 Å². The molecule has 1 nitrogen and oxygen atoms in total. The van der Waals surface area contributed by atoms with E-state index in [0.29, 0.717) is 5.92 Å². The van der Waals surface area contributed by atoms with Crippen molar-refractivity contribution in [3.05, 3.63) is 12.2 Å². The quantitative estimate of drug-likeness (QED) is 0.752. The summed E-state index contributed by atoms with van der Waals surface area (Å²) in [6.45, 7) is 0. The molecule has 3 aliphatic rings. The monoisotopic (exact) mass is 298 g/mol. The molecule has 0 amide bonds. The maximum absolute atomic E-state index is 11.4. The summed E-state index contributed by atoms with van der Waals surface area (Å²) in [6.07, 6.45) is 15.8. The Morgan fingerprint density at radius 1 is 0.947 bits per heavy atom. The highest BCUT2D eigenvalue weighted by atomic mass is 32.2. The summed E-state index contributed by atoms with van der Waals surface area (Å²) < 4.78 is 0.0581. The van der Waals surface area contributed by atoms with E-state index >= 15 is 0 Å². The van der Waals surface area contributed by atoms with Gasteiger partial charge in [0, 0.05) is 0 Å². The van der Waals surface area contributed by atoms with Crippen molar-refractivity contribution in [2.24, 2.45) is 5.92 Å². The Balaban J connectivity index is 1.90. The van der Waals surface area contributed by atoms with Gasteiger partial charge in [-0.1, -0.05) is 31.4 Å². The Kier molecular flexibility index (Phi) is 4.55. The van der Waals surface area contributed by atoms with E-state index < -0.39 is 5.60 Å². The number of thioether (sulfide) groups is 2. The second-order valence-corrected chi connectivity index (χ2v) is 9.21. The van der Waals surface area contributed by atoms with Crippen molar-refractivity contribution in [3.8, 4) is 0 Å². The molecule has 1 saturated heterocycles. The largest absolute Gasteiger partial charge is 0.383 e. The molecule has 1 aliphatic heterocycles. The average molecular weight is 299 g/mol. The van der Waals surface area contributed by atoms with Crippen molar-refractivity contribution in [1.82, 2.24) is 0 Å². The molecule has 1 atom stereocenters. The Morgan fingerprint density at radius 3 is 2.32 bits per heavy atom. The Morgan fingerprint density at radius 2 is 1.68 bits per heavy atom. The van der Waals surface area contributed by atoms with Crippen LogP contribution in [0.1, 0.15) is 57.8 Å². The third-order valence-electron chi connectivity index (χ3n) is 4.99. The zero-order valence-corrected chi connectivity index (χ0v) is 13.4. The molecule has 2 aliphatic carbocycles. The van der Waals surface area contributed by atoms with E-state index in [-0.39, 0.29) is 4.08 Å². The van der Waals surface area contributed by atoms with Gasteiger partial charge in [0.15, 0.2) is 0 Å². The summed E-state index contributed by atoms with van der Waals surface area (Å²) in [5, 5.41) is 11.4. The van der Waals surface area contributed by atoms with Crippen molar-refractivity contribution in [1.29, 1.82) is 0 Å². The minimum Gasteiger partial charge on any atom is -0.383 e. The maximum Gasteiger partial charge on any atom is 0.107 e. The summed E-state index contributed by atoms with van der Waals surface area (Å²) in [7, 11) is 0. The van der Waals surface area contributed by atoms with Gasteiger partial charge in [0.2, 0.25) is 0 Å². The lowest BCUT2D eigenvalue weighted by Crippen LogP contribution is -2.55. The van der Waals surface area contributed by atoms with Crippen molar-refractivity contribution in [3.63, 3.8) is 0 Å². The molecule has 0 aromatic carbocycles. The van der Waals surface area contributed by atoms with E-state index in [1.807, 2.05) is 0 Å². The summed E-state index contributed by atoms with van der Waals surface area (Å²) >= 11 is 4.17. The lowest BCUT2D eigenvalue weighted by molar-refractivity contribution is 0.0365. The summed E-state index contributed by atoms with van der Waals surface area (Å²) in [5.74, 6) is 3.18. The van der Waals surface area contributed by atoms with Crippen molar-refractivity contribution in [2.45, 2.75) is 67.5 Å². The predicted octanol–water partition coefficient (Wildman–Crippen LogP) is 4.60. The zero-order chi connectivity index (χ0) is 13.2. The first-order valence-electron chi connectivity index (χ1n) is 7.95. The highest BCUT2D eigenvalue weighted by Gasteiger charge is 2.55. The third-order valence-corrected chi connectivity index (χ3v) is 8.91. The van der Waals surface area contributed by atoms with E-state index in [1.54, 1.807) is 0 Å². The molecule has 0 bridgehead atoms. The van der Waals surface area contributed by atoms with Crippen LogP contribution in [0, 0.1) is 5.92 Å². The van der Waals surface area contributed by atoms with E-state index in [1.165, 1.54) is 50.0 Å². The molecule has 19 heavy (non-hydrogen) atoms. The zero-order valence-electron chi connectivity index (χ0n) is 11.8. The van der Waals surface area contributed by atoms with Crippen LogP contribution in [0.5, 0.6) is 0 Å². The van der Waals surface area contributed by atoms with Gasteiger partial charge in [-0.05, 0) is 55.9 Å². The smallest absolute Gasteiger partial charge is 0.107 e. The average Bonchev–Trinajstić information content (AvgIpc) is 2.49. The second-order valence-electron chi connectivity index (χ2n) is 6.27. The van der Waals surface area contributed by atoms with Crippen LogP contribution in [-0.4, -0.2) is 26.3 Å². The van der Waals surface area contributed by atoms with Crippen molar-refractivity contribution in [2.75, 3.05) is 11.5 Å². The summed E-state index contributed by atoms with van der Waals surface area (Å²) in [6, 6.07) is 0. The van der Waals surface area contributed by atoms with Crippen LogP contribution in [0.15, 0.2) is 12.2 Å². The summed E-state index contributed by atoms with van der Waals surface area (Å²) in [4.78, 5) is 0. The van der Waals surface area contributed by atoms with Crippen LogP contribution >= 0.6 is 23.5 Å². The Labute approximate surface area is 126 Å². The van der Waals surface area contributed by atoms with E-state index in [0.717, 1.165) is 19.3 Å². The Hall–Kier alpha value is 0.400. The van der Waals surface area contributed by atoms with Gasteiger partial charge in [-0.15, -0.1) is 23.5 Å². The molecule has 1 heterocycles. The van der Waals surface area contributed by atoms with Crippen LogP contribution in [0.4, 0.5) is 0 Å². The van der Waals surface area contributed by atoms with Gasteiger partial charge in [-0.25, -0.2) is 0 Å². The van der Waals surface area contributed by atoms with Gasteiger partial charge in [0.1, 0.15) is 5.60 Å². The lowest BCUT2D eigenvalue weighted by Gasteiger charge is -2.53. The number of aliphatic hydroxyl groups is 1. The molecule has 108 valence electrons. The topological polar surface area (TPSA) is 20.2 Å². The van der Waals surface area contributed by atoms with Crippen LogP contribution in [-0.2, 0) is 0 Å². The minimum absolute atomic E-state index is 0.0581. The first-order valence-corrected chi connectivity index (χ1v) is 9.92. The second kappa shape index (κ2) is 6.03. The van der Waals surface area contributed by atoms with Crippen molar-refractivity contribution >= 4 is 23.5 Å². The molecule has 1 unspecified atom stereocenters. The summed E-state index contributed by atoms with van der Waals surface area (Å²) in [5.41, 5.74) is -0.553. The van der Waals surface area contributed by atoms with Crippen LogP contribution in [0.25, 0.3) is 0 Å². The number of hydrogen-bond donors (Lipinski definition) is 1.